The topological polar surface area (TPSA) is 20.3 Å². The van der Waals surface area contributed by atoms with Gasteiger partial charge in [0.2, 0.25) is 5.91 Å². The van der Waals surface area contributed by atoms with E-state index in [2.05, 4.69) is 32.7 Å². The molecular weight excluding hydrogens is 246 g/mol. The van der Waals surface area contributed by atoms with Crippen LogP contribution in [0.25, 0.3) is 0 Å². The van der Waals surface area contributed by atoms with Crippen LogP contribution in [0.5, 0.6) is 0 Å². The van der Waals surface area contributed by atoms with Crippen LogP contribution in [-0.4, -0.2) is 23.4 Å². The number of hydrogen-bond acceptors (Lipinski definition) is 1. The van der Waals surface area contributed by atoms with Gasteiger partial charge >= 0.3 is 0 Å². The summed E-state index contributed by atoms with van der Waals surface area (Å²) in [5.74, 6) is 0.00353. The summed E-state index contributed by atoms with van der Waals surface area (Å²) in [5, 5.41) is 0. The van der Waals surface area contributed by atoms with E-state index in [1.54, 1.807) is 0 Å². The van der Waals surface area contributed by atoms with Gasteiger partial charge in [0.25, 0.3) is 0 Å². The van der Waals surface area contributed by atoms with Gasteiger partial charge in [-0.25, -0.2) is 0 Å². The molecule has 0 aromatic heterocycles. The second kappa shape index (κ2) is 8.57. The van der Waals surface area contributed by atoms with Crippen LogP contribution in [0.1, 0.15) is 45.4 Å². The number of carbonyl (C=O) groups excluding carboxylic acids is 1. The standard InChI is InChI=1S/C18H27NO/c1-5-8-9-11-15(4)16-12-13-17(10-6-2)19(14-16)18(20)7-3/h6-7,12,17H,2-5,8-11,13-14H2,1H3. The Bertz CT molecular complexity index is 406. The molecule has 110 valence electrons. The van der Waals surface area contributed by atoms with Crippen LogP contribution in [0.4, 0.5) is 0 Å². The normalized spacial score (nSPS) is 18.4. The summed E-state index contributed by atoms with van der Waals surface area (Å²) in [6.45, 7) is 14.4. The van der Waals surface area contributed by atoms with Crippen molar-refractivity contribution in [1.82, 2.24) is 4.90 Å². The van der Waals surface area contributed by atoms with Gasteiger partial charge in [0.1, 0.15) is 0 Å². The number of unbranched alkanes of at least 4 members (excludes halogenated alkanes) is 2. The van der Waals surface area contributed by atoms with Gasteiger partial charge in [0.05, 0.1) is 0 Å². The van der Waals surface area contributed by atoms with Crippen molar-refractivity contribution in [1.29, 1.82) is 0 Å². The Morgan fingerprint density at radius 1 is 1.45 bits per heavy atom. The Kier molecular flexibility index (Phi) is 7.06. The molecule has 0 spiro atoms. The maximum absolute atomic E-state index is 12.0. The van der Waals surface area contributed by atoms with Crippen LogP contribution in [0.3, 0.4) is 0 Å². The van der Waals surface area contributed by atoms with E-state index in [4.69, 9.17) is 0 Å². The SMILES string of the molecule is C=CCC1CC=C(C(=C)CCCCC)CN1C(=O)C=C. The first-order valence-corrected chi connectivity index (χ1v) is 7.55. The van der Waals surface area contributed by atoms with Crippen molar-refractivity contribution in [3.63, 3.8) is 0 Å². The monoisotopic (exact) mass is 273 g/mol. The van der Waals surface area contributed by atoms with Crippen LogP contribution < -0.4 is 0 Å². The lowest BCUT2D eigenvalue weighted by Crippen LogP contribution is -2.42. The number of rotatable bonds is 8. The molecule has 0 aromatic carbocycles. The van der Waals surface area contributed by atoms with Gasteiger partial charge in [-0.3, -0.25) is 4.79 Å². The maximum atomic E-state index is 12.0. The highest BCUT2D eigenvalue weighted by Crippen LogP contribution is 2.26. The molecule has 0 aliphatic carbocycles. The molecular formula is C18H27NO. The first-order valence-electron chi connectivity index (χ1n) is 7.55. The van der Waals surface area contributed by atoms with Crippen molar-refractivity contribution < 1.29 is 4.79 Å². The molecule has 1 heterocycles. The van der Waals surface area contributed by atoms with Crippen LogP contribution >= 0.6 is 0 Å². The molecule has 1 aliphatic heterocycles. The molecule has 0 fully saturated rings. The highest BCUT2D eigenvalue weighted by atomic mass is 16.2. The minimum atomic E-state index is 0.00353. The first kappa shape index (κ1) is 16.5. The molecule has 0 saturated carbocycles. The van der Waals surface area contributed by atoms with Gasteiger partial charge in [-0.05, 0) is 37.3 Å². The van der Waals surface area contributed by atoms with Gasteiger partial charge in [-0.2, -0.15) is 0 Å². The summed E-state index contributed by atoms with van der Waals surface area (Å²) in [4.78, 5) is 13.9. The van der Waals surface area contributed by atoms with Crippen molar-refractivity contribution in [2.24, 2.45) is 0 Å². The molecule has 0 N–H and O–H groups in total. The van der Waals surface area contributed by atoms with Gasteiger partial charge in [0, 0.05) is 12.6 Å². The molecule has 20 heavy (non-hydrogen) atoms. The zero-order valence-corrected chi connectivity index (χ0v) is 12.7. The van der Waals surface area contributed by atoms with E-state index in [1.807, 2.05) is 11.0 Å². The van der Waals surface area contributed by atoms with E-state index < -0.39 is 0 Å². The molecule has 1 rings (SSSR count). The van der Waals surface area contributed by atoms with Crippen LogP contribution in [0.2, 0.25) is 0 Å². The molecule has 0 aromatic rings. The quantitative estimate of drug-likeness (QED) is 0.364. The third-order valence-corrected chi connectivity index (χ3v) is 3.85. The van der Waals surface area contributed by atoms with Crippen molar-refractivity contribution >= 4 is 5.91 Å². The Hall–Kier alpha value is -1.57. The average Bonchev–Trinajstić information content (AvgIpc) is 2.47. The summed E-state index contributed by atoms with van der Waals surface area (Å²) < 4.78 is 0. The fraction of sp³-hybridized carbons (Fsp3) is 0.500. The first-order chi connectivity index (χ1) is 9.63. The molecule has 2 nitrogen and oxygen atoms in total. The largest absolute Gasteiger partial charge is 0.331 e. The van der Waals surface area contributed by atoms with Crippen molar-refractivity contribution in [3.05, 3.63) is 49.1 Å². The van der Waals surface area contributed by atoms with Gasteiger partial charge in [-0.1, -0.05) is 50.6 Å². The lowest BCUT2D eigenvalue weighted by atomic mass is 9.93. The van der Waals surface area contributed by atoms with Gasteiger partial charge < -0.3 is 4.90 Å². The summed E-state index contributed by atoms with van der Waals surface area (Å²) >= 11 is 0. The lowest BCUT2D eigenvalue weighted by Gasteiger charge is -2.35. The molecule has 0 radical (unpaired) electrons. The van der Waals surface area contributed by atoms with E-state index in [0.29, 0.717) is 6.54 Å². The molecule has 1 unspecified atom stereocenters. The minimum Gasteiger partial charge on any atom is -0.331 e. The second-order valence-electron chi connectivity index (χ2n) is 5.37. The highest BCUT2D eigenvalue weighted by Gasteiger charge is 2.25. The maximum Gasteiger partial charge on any atom is 0.246 e. The third kappa shape index (κ3) is 4.52. The number of carbonyl (C=O) groups is 1. The van der Waals surface area contributed by atoms with Crippen molar-refractivity contribution in [2.45, 2.75) is 51.5 Å². The predicted octanol–water partition coefficient (Wildman–Crippen LogP) is 4.41. The number of amides is 1. The average molecular weight is 273 g/mol. The van der Waals surface area contributed by atoms with Crippen LogP contribution in [-0.2, 0) is 4.79 Å². The van der Waals surface area contributed by atoms with Crippen LogP contribution in [0.15, 0.2) is 49.1 Å². The second-order valence-corrected chi connectivity index (χ2v) is 5.37. The van der Waals surface area contributed by atoms with Gasteiger partial charge in [0.15, 0.2) is 0 Å². The molecule has 1 aliphatic rings. The minimum absolute atomic E-state index is 0.00353. The van der Waals surface area contributed by atoms with E-state index in [0.717, 1.165) is 19.3 Å². The van der Waals surface area contributed by atoms with Gasteiger partial charge in [-0.15, -0.1) is 6.58 Å². The molecule has 0 saturated heterocycles. The summed E-state index contributed by atoms with van der Waals surface area (Å²) in [5.41, 5.74) is 2.40. The summed E-state index contributed by atoms with van der Waals surface area (Å²) in [6.07, 6.45) is 11.9. The number of hydrogen-bond donors (Lipinski definition) is 0. The molecule has 1 atom stereocenters. The molecule has 1 amide bonds. The fourth-order valence-corrected chi connectivity index (χ4v) is 2.58. The number of nitrogens with zero attached hydrogens (tertiary/aromatic N) is 1. The van der Waals surface area contributed by atoms with Crippen molar-refractivity contribution in [2.75, 3.05) is 6.54 Å². The van der Waals surface area contributed by atoms with E-state index >= 15 is 0 Å². The Morgan fingerprint density at radius 3 is 2.80 bits per heavy atom. The Labute approximate surface area is 123 Å². The molecule has 0 bridgehead atoms. The smallest absolute Gasteiger partial charge is 0.246 e. The lowest BCUT2D eigenvalue weighted by molar-refractivity contribution is -0.127. The zero-order valence-electron chi connectivity index (χ0n) is 12.7. The highest BCUT2D eigenvalue weighted by molar-refractivity contribution is 5.87. The Balaban J connectivity index is 2.71. The zero-order chi connectivity index (χ0) is 15.0. The summed E-state index contributed by atoms with van der Waals surface area (Å²) in [6, 6.07) is 0.213. The summed E-state index contributed by atoms with van der Waals surface area (Å²) in [7, 11) is 0. The fourth-order valence-electron chi connectivity index (χ4n) is 2.58. The van der Waals surface area contributed by atoms with E-state index in [1.165, 1.54) is 36.5 Å². The van der Waals surface area contributed by atoms with Crippen molar-refractivity contribution in [3.8, 4) is 0 Å². The predicted molar refractivity (Wildman–Crippen MR) is 86.5 cm³/mol. The van der Waals surface area contributed by atoms with E-state index in [-0.39, 0.29) is 11.9 Å². The third-order valence-electron chi connectivity index (χ3n) is 3.85. The molecule has 2 heteroatoms. The Morgan fingerprint density at radius 2 is 2.20 bits per heavy atom. The van der Waals surface area contributed by atoms with Crippen LogP contribution in [0, 0.1) is 0 Å². The van der Waals surface area contributed by atoms with E-state index in [9.17, 15) is 4.79 Å².